The number of piperidine rings is 1. The third-order valence-electron chi connectivity index (χ3n) is 5.34. The molecule has 2 aliphatic heterocycles. The molecule has 3 aliphatic rings. The number of ether oxygens (including phenoxy) is 1. The molecule has 0 amide bonds. The number of fused-ring (bicyclic) bond motifs is 2. The Morgan fingerprint density at radius 3 is 2.83 bits per heavy atom. The molecule has 2 saturated heterocycles. The van der Waals surface area contributed by atoms with E-state index in [2.05, 4.69) is 9.80 Å². The van der Waals surface area contributed by atoms with Crippen molar-refractivity contribution in [2.75, 3.05) is 46.4 Å². The van der Waals surface area contributed by atoms with Crippen molar-refractivity contribution in [2.24, 2.45) is 11.7 Å². The zero-order valence-corrected chi connectivity index (χ0v) is 11.6. The van der Waals surface area contributed by atoms with Crippen molar-refractivity contribution in [1.29, 1.82) is 0 Å². The van der Waals surface area contributed by atoms with E-state index in [1.54, 1.807) is 7.11 Å². The maximum atomic E-state index is 6.26. The van der Waals surface area contributed by atoms with Gasteiger partial charge in [-0.15, -0.1) is 0 Å². The molecule has 4 heteroatoms. The fourth-order valence-corrected chi connectivity index (χ4v) is 4.14. The fourth-order valence-electron chi connectivity index (χ4n) is 4.14. The second-order valence-corrected chi connectivity index (χ2v) is 6.26. The summed E-state index contributed by atoms with van der Waals surface area (Å²) in [5, 5.41) is 0. The van der Waals surface area contributed by atoms with Crippen LogP contribution in [0.1, 0.15) is 25.7 Å². The normalized spacial score (nSPS) is 39.5. The molecule has 3 atom stereocenters. The summed E-state index contributed by atoms with van der Waals surface area (Å²) < 4.78 is 5.32. The minimum absolute atomic E-state index is 0.271. The van der Waals surface area contributed by atoms with E-state index in [9.17, 15) is 0 Å². The quantitative estimate of drug-likeness (QED) is 0.749. The van der Waals surface area contributed by atoms with E-state index in [0.717, 1.165) is 31.7 Å². The highest BCUT2D eigenvalue weighted by Crippen LogP contribution is 2.44. The van der Waals surface area contributed by atoms with Crippen molar-refractivity contribution in [3.8, 4) is 0 Å². The standard InChI is InChI=1S/C14H27N3O/c1-18-9-8-17(13-2-3-13)14(11-15)5-7-16-6-4-12(14)10-16/h12-13H,2-11,15H2,1H3. The second kappa shape index (κ2) is 5.08. The summed E-state index contributed by atoms with van der Waals surface area (Å²) in [6.07, 6.45) is 5.32. The molecule has 3 rings (SSSR count). The molecule has 0 radical (unpaired) electrons. The van der Waals surface area contributed by atoms with Gasteiger partial charge in [-0.1, -0.05) is 0 Å². The summed E-state index contributed by atoms with van der Waals surface area (Å²) in [5.41, 5.74) is 6.53. The zero-order chi connectivity index (χ0) is 12.6. The molecule has 18 heavy (non-hydrogen) atoms. The van der Waals surface area contributed by atoms with E-state index in [4.69, 9.17) is 10.5 Å². The molecule has 0 spiro atoms. The fraction of sp³-hybridized carbons (Fsp3) is 1.00. The predicted molar refractivity (Wildman–Crippen MR) is 72.6 cm³/mol. The van der Waals surface area contributed by atoms with Gasteiger partial charge < -0.3 is 15.4 Å². The van der Waals surface area contributed by atoms with Gasteiger partial charge in [-0.05, 0) is 44.7 Å². The van der Waals surface area contributed by atoms with Crippen LogP contribution in [0, 0.1) is 5.92 Å². The van der Waals surface area contributed by atoms with Gasteiger partial charge in [0.15, 0.2) is 0 Å². The largest absolute Gasteiger partial charge is 0.383 e. The number of hydrogen-bond donors (Lipinski definition) is 1. The van der Waals surface area contributed by atoms with E-state index in [1.165, 1.54) is 45.3 Å². The summed E-state index contributed by atoms with van der Waals surface area (Å²) in [6.45, 7) is 6.53. The SMILES string of the molecule is COCCN(C1CC1)C1(CN)CCN2CCC1C2. The minimum Gasteiger partial charge on any atom is -0.383 e. The summed E-state index contributed by atoms with van der Waals surface area (Å²) >= 11 is 0. The number of methoxy groups -OCH3 is 1. The van der Waals surface area contributed by atoms with Gasteiger partial charge in [-0.2, -0.15) is 0 Å². The van der Waals surface area contributed by atoms with E-state index in [1.807, 2.05) is 0 Å². The molecule has 0 aromatic carbocycles. The van der Waals surface area contributed by atoms with Gasteiger partial charge in [0.05, 0.1) is 6.61 Å². The monoisotopic (exact) mass is 253 g/mol. The predicted octanol–water partition coefficient (Wildman–Crippen LogP) is 0.520. The molecule has 3 fully saturated rings. The third-order valence-corrected chi connectivity index (χ3v) is 5.34. The van der Waals surface area contributed by atoms with Crippen LogP contribution in [0.2, 0.25) is 0 Å². The van der Waals surface area contributed by atoms with Gasteiger partial charge in [0, 0.05) is 38.3 Å². The topological polar surface area (TPSA) is 41.7 Å². The molecule has 2 heterocycles. The van der Waals surface area contributed by atoms with Gasteiger partial charge in [0.25, 0.3) is 0 Å². The molecule has 1 aliphatic carbocycles. The van der Waals surface area contributed by atoms with Crippen LogP contribution in [0.3, 0.4) is 0 Å². The molecule has 2 N–H and O–H groups in total. The van der Waals surface area contributed by atoms with Crippen LogP contribution in [-0.2, 0) is 4.74 Å². The lowest BCUT2D eigenvalue weighted by atomic mass is 9.77. The summed E-state index contributed by atoms with van der Waals surface area (Å²) in [5.74, 6) is 0.786. The zero-order valence-electron chi connectivity index (χ0n) is 11.6. The first-order valence-corrected chi connectivity index (χ1v) is 7.48. The maximum absolute atomic E-state index is 6.26. The Hall–Kier alpha value is -0.160. The molecule has 0 aromatic heterocycles. The van der Waals surface area contributed by atoms with Gasteiger partial charge in [0.1, 0.15) is 0 Å². The Bertz CT molecular complexity index is 295. The van der Waals surface area contributed by atoms with Crippen LogP contribution in [-0.4, -0.2) is 67.8 Å². The number of rotatable bonds is 6. The molecule has 2 bridgehead atoms. The first kappa shape index (κ1) is 12.9. The molecular weight excluding hydrogens is 226 g/mol. The van der Waals surface area contributed by atoms with Crippen LogP contribution >= 0.6 is 0 Å². The molecule has 0 aromatic rings. The van der Waals surface area contributed by atoms with Crippen molar-refractivity contribution >= 4 is 0 Å². The molecule has 104 valence electrons. The first-order chi connectivity index (χ1) is 8.80. The average Bonchev–Trinajstić information content (AvgIpc) is 3.16. The second-order valence-electron chi connectivity index (χ2n) is 6.26. The lowest BCUT2D eigenvalue weighted by molar-refractivity contribution is -0.0124. The summed E-state index contributed by atoms with van der Waals surface area (Å²) in [6, 6.07) is 0.788. The highest BCUT2D eigenvalue weighted by Gasteiger charge is 2.52. The molecule has 3 unspecified atom stereocenters. The van der Waals surface area contributed by atoms with Gasteiger partial charge >= 0.3 is 0 Å². The Morgan fingerprint density at radius 2 is 2.17 bits per heavy atom. The van der Waals surface area contributed by atoms with Crippen LogP contribution in [0.25, 0.3) is 0 Å². The van der Waals surface area contributed by atoms with E-state index in [-0.39, 0.29) is 5.54 Å². The maximum Gasteiger partial charge on any atom is 0.0590 e. The van der Waals surface area contributed by atoms with Crippen molar-refractivity contribution in [2.45, 2.75) is 37.3 Å². The molecule has 4 nitrogen and oxygen atoms in total. The minimum atomic E-state index is 0.271. The van der Waals surface area contributed by atoms with Gasteiger partial charge in [0.2, 0.25) is 0 Å². The van der Waals surface area contributed by atoms with E-state index >= 15 is 0 Å². The summed E-state index contributed by atoms with van der Waals surface area (Å²) in [4.78, 5) is 5.34. The molecular formula is C14H27N3O. The first-order valence-electron chi connectivity index (χ1n) is 7.48. The highest BCUT2D eigenvalue weighted by atomic mass is 16.5. The summed E-state index contributed by atoms with van der Waals surface area (Å²) in [7, 11) is 1.80. The highest BCUT2D eigenvalue weighted by molar-refractivity contribution is 5.08. The molecule has 1 saturated carbocycles. The lowest BCUT2D eigenvalue weighted by Gasteiger charge is -2.50. The Balaban J connectivity index is 1.78. The van der Waals surface area contributed by atoms with Crippen LogP contribution < -0.4 is 5.73 Å². The smallest absolute Gasteiger partial charge is 0.0590 e. The van der Waals surface area contributed by atoms with Crippen molar-refractivity contribution in [1.82, 2.24) is 9.80 Å². The van der Waals surface area contributed by atoms with E-state index in [0.29, 0.717) is 0 Å². The van der Waals surface area contributed by atoms with Crippen molar-refractivity contribution < 1.29 is 4.74 Å². The average molecular weight is 253 g/mol. The number of nitrogens with zero attached hydrogens (tertiary/aromatic N) is 2. The Kier molecular flexibility index (Phi) is 3.63. The van der Waals surface area contributed by atoms with E-state index < -0.39 is 0 Å². The third kappa shape index (κ3) is 2.09. The van der Waals surface area contributed by atoms with Crippen molar-refractivity contribution in [3.63, 3.8) is 0 Å². The Morgan fingerprint density at radius 1 is 1.33 bits per heavy atom. The Labute approximate surface area is 110 Å². The lowest BCUT2D eigenvalue weighted by Crippen LogP contribution is -2.63. The van der Waals surface area contributed by atoms with Crippen LogP contribution in [0.4, 0.5) is 0 Å². The number of nitrogens with two attached hydrogens (primary N) is 1. The van der Waals surface area contributed by atoms with Crippen LogP contribution in [0.5, 0.6) is 0 Å². The van der Waals surface area contributed by atoms with Gasteiger partial charge in [-0.3, -0.25) is 4.90 Å². The number of hydrogen-bond acceptors (Lipinski definition) is 4. The van der Waals surface area contributed by atoms with Crippen molar-refractivity contribution in [3.05, 3.63) is 0 Å². The van der Waals surface area contributed by atoms with Crippen LogP contribution in [0.15, 0.2) is 0 Å². The van der Waals surface area contributed by atoms with Gasteiger partial charge in [-0.25, -0.2) is 0 Å².